The number of aromatic nitrogens is 3. The molecule has 0 aliphatic rings. The van der Waals surface area contributed by atoms with Crippen molar-refractivity contribution in [2.45, 2.75) is 6.61 Å². The molecule has 2 N–H and O–H groups in total. The molecule has 0 fully saturated rings. The summed E-state index contributed by atoms with van der Waals surface area (Å²) in [4.78, 5) is 26.8. The van der Waals surface area contributed by atoms with Crippen molar-refractivity contribution in [3.8, 4) is 23.2 Å². The number of fused-ring (bicyclic) bond motifs is 1. The number of aromatic amines is 1. The van der Waals surface area contributed by atoms with E-state index in [1.807, 2.05) is 36.4 Å². The number of hydrogen-bond acceptors (Lipinski definition) is 8. The molecule has 0 spiro atoms. The van der Waals surface area contributed by atoms with Gasteiger partial charge in [-0.1, -0.05) is 40.6 Å². The lowest BCUT2D eigenvalue weighted by Crippen LogP contribution is -2.13. The standard InChI is InChI=1S/C24H15N5O5/c25-12-15-6-9-19(18(10-15)22-27-24(31)34-29-22)26-23(30)21-17-8-7-16(11-20(17)33-28-21)32-13-14-4-2-1-3-5-14/h1-11H,13H2,(H,26,30)(H,27,29,31). The van der Waals surface area contributed by atoms with Gasteiger partial charge in [0.15, 0.2) is 17.1 Å². The van der Waals surface area contributed by atoms with Crippen molar-refractivity contribution >= 4 is 22.6 Å². The lowest BCUT2D eigenvalue weighted by atomic mass is 10.1. The molecule has 0 unspecified atom stereocenters. The van der Waals surface area contributed by atoms with Crippen LogP contribution < -0.4 is 15.8 Å². The van der Waals surface area contributed by atoms with Gasteiger partial charge in [0.2, 0.25) is 0 Å². The molecule has 34 heavy (non-hydrogen) atoms. The normalized spacial score (nSPS) is 10.7. The number of H-pyrrole nitrogens is 1. The molecule has 0 bridgehead atoms. The topological polar surface area (TPSA) is 147 Å². The van der Waals surface area contributed by atoms with Gasteiger partial charge in [-0.05, 0) is 35.9 Å². The molecular formula is C24H15N5O5. The minimum absolute atomic E-state index is 0.0635. The largest absolute Gasteiger partial charge is 0.489 e. The van der Waals surface area contributed by atoms with E-state index in [-0.39, 0.29) is 11.5 Å². The Balaban J connectivity index is 1.39. The molecule has 0 atom stereocenters. The fourth-order valence-corrected chi connectivity index (χ4v) is 3.36. The number of carbonyl (C=O) groups is 1. The van der Waals surface area contributed by atoms with E-state index in [4.69, 9.17) is 9.26 Å². The molecule has 3 aromatic carbocycles. The fraction of sp³-hybridized carbons (Fsp3) is 0.0417. The maximum atomic E-state index is 13.0. The van der Waals surface area contributed by atoms with Crippen LogP contribution in [-0.2, 0) is 6.61 Å². The van der Waals surface area contributed by atoms with Gasteiger partial charge in [-0.25, -0.2) is 4.79 Å². The van der Waals surface area contributed by atoms with Gasteiger partial charge in [0, 0.05) is 11.6 Å². The number of hydrogen-bond donors (Lipinski definition) is 2. The molecule has 2 aromatic heterocycles. The van der Waals surface area contributed by atoms with Gasteiger partial charge in [0.25, 0.3) is 5.91 Å². The van der Waals surface area contributed by atoms with Gasteiger partial charge in [-0.15, -0.1) is 0 Å². The summed E-state index contributed by atoms with van der Waals surface area (Å²) < 4.78 is 15.7. The van der Waals surface area contributed by atoms with E-state index in [0.717, 1.165) is 5.56 Å². The highest BCUT2D eigenvalue weighted by Crippen LogP contribution is 2.28. The fourth-order valence-electron chi connectivity index (χ4n) is 3.36. The smallest absolute Gasteiger partial charge is 0.439 e. The molecule has 0 aliphatic heterocycles. The van der Waals surface area contributed by atoms with Crippen LogP contribution in [0.3, 0.4) is 0 Å². The number of nitrogens with one attached hydrogen (secondary N) is 2. The first-order valence-corrected chi connectivity index (χ1v) is 10.1. The van der Waals surface area contributed by atoms with E-state index in [1.54, 1.807) is 18.2 Å². The first-order valence-electron chi connectivity index (χ1n) is 10.1. The van der Waals surface area contributed by atoms with E-state index >= 15 is 0 Å². The maximum absolute atomic E-state index is 13.0. The van der Waals surface area contributed by atoms with E-state index in [0.29, 0.717) is 40.1 Å². The first-order chi connectivity index (χ1) is 16.6. The summed E-state index contributed by atoms with van der Waals surface area (Å²) in [6.07, 6.45) is 0. The Kier molecular flexibility index (Phi) is 5.34. The van der Waals surface area contributed by atoms with Gasteiger partial charge in [-0.2, -0.15) is 5.26 Å². The van der Waals surface area contributed by atoms with E-state index < -0.39 is 11.7 Å². The first kappa shape index (κ1) is 20.7. The van der Waals surface area contributed by atoms with Crippen LogP contribution in [0.2, 0.25) is 0 Å². The number of anilines is 1. The van der Waals surface area contributed by atoms with E-state index in [9.17, 15) is 14.9 Å². The quantitative estimate of drug-likeness (QED) is 0.394. The van der Waals surface area contributed by atoms with Crippen molar-refractivity contribution in [3.05, 3.63) is 94.1 Å². The van der Waals surface area contributed by atoms with Gasteiger partial charge in [-0.3, -0.25) is 14.3 Å². The van der Waals surface area contributed by atoms with Crippen LogP contribution in [0.1, 0.15) is 21.6 Å². The zero-order valence-electron chi connectivity index (χ0n) is 17.4. The van der Waals surface area contributed by atoms with Crippen molar-refractivity contribution in [2.75, 3.05) is 5.32 Å². The lowest BCUT2D eigenvalue weighted by molar-refractivity contribution is 0.102. The molecule has 5 aromatic rings. The Hall–Kier alpha value is -5.17. The second-order valence-electron chi connectivity index (χ2n) is 7.23. The number of ether oxygens (including phenoxy) is 1. The molecule has 0 saturated heterocycles. The second kappa shape index (κ2) is 8.76. The van der Waals surface area contributed by atoms with Gasteiger partial charge < -0.3 is 14.6 Å². The molecule has 166 valence electrons. The minimum atomic E-state index is -0.762. The van der Waals surface area contributed by atoms with Crippen LogP contribution in [0, 0.1) is 11.3 Å². The van der Waals surface area contributed by atoms with Gasteiger partial charge in [0.1, 0.15) is 12.4 Å². The minimum Gasteiger partial charge on any atom is -0.489 e. The number of amides is 1. The van der Waals surface area contributed by atoms with Crippen molar-refractivity contribution in [1.82, 2.24) is 15.3 Å². The van der Waals surface area contributed by atoms with Crippen LogP contribution in [0.5, 0.6) is 5.75 Å². The molecule has 0 saturated carbocycles. The summed E-state index contributed by atoms with van der Waals surface area (Å²) in [5.74, 6) is -0.664. The van der Waals surface area contributed by atoms with Crippen LogP contribution >= 0.6 is 0 Å². The Morgan fingerprint density at radius 2 is 1.91 bits per heavy atom. The molecular weight excluding hydrogens is 438 g/mol. The average molecular weight is 453 g/mol. The van der Waals surface area contributed by atoms with Gasteiger partial charge >= 0.3 is 5.76 Å². The number of nitrogens with zero attached hydrogens (tertiary/aromatic N) is 3. The average Bonchev–Trinajstić information content (AvgIpc) is 3.49. The zero-order chi connectivity index (χ0) is 23.5. The van der Waals surface area contributed by atoms with Crippen LogP contribution in [0.4, 0.5) is 5.69 Å². The molecule has 2 heterocycles. The maximum Gasteiger partial charge on any atom is 0.439 e. The monoisotopic (exact) mass is 453 g/mol. The van der Waals surface area contributed by atoms with Crippen molar-refractivity contribution < 1.29 is 18.6 Å². The summed E-state index contributed by atoms with van der Waals surface area (Å²) in [5.41, 5.74) is 2.39. The van der Waals surface area contributed by atoms with Crippen LogP contribution in [0.25, 0.3) is 22.4 Å². The summed E-state index contributed by atoms with van der Waals surface area (Å²) in [5, 5.41) is 20.0. The van der Waals surface area contributed by atoms with Crippen molar-refractivity contribution in [2.24, 2.45) is 0 Å². The Bertz CT molecular complexity index is 1590. The third-order valence-electron chi connectivity index (χ3n) is 5.00. The Labute approximate surface area is 191 Å². The van der Waals surface area contributed by atoms with Crippen molar-refractivity contribution in [3.63, 3.8) is 0 Å². The SMILES string of the molecule is N#Cc1ccc(NC(=O)c2noc3cc(OCc4ccccc4)ccc23)c(-c2noc(=O)[nH]2)c1. The molecule has 1 amide bonds. The molecule has 10 heteroatoms. The third kappa shape index (κ3) is 4.13. The zero-order valence-corrected chi connectivity index (χ0v) is 17.4. The highest BCUT2D eigenvalue weighted by molar-refractivity contribution is 6.11. The Morgan fingerprint density at radius 3 is 2.68 bits per heavy atom. The molecule has 0 radical (unpaired) electrons. The number of benzene rings is 3. The number of carbonyl (C=O) groups excluding carboxylic acids is 1. The van der Waals surface area contributed by atoms with E-state index in [2.05, 4.69) is 25.1 Å². The third-order valence-corrected chi connectivity index (χ3v) is 5.00. The number of nitriles is 1. The predicted molar refractivity (Wildman–Crippen MR) is 120 cm³/mol. The van der Waals surface area contributed by atoms with Gasteiger partial charge in [0.05, 0.1) is 22.7 Å². The lowest BCUT2D eigenvalue weighted by Gasteiger charge is -2.08. The number of rotatable bonds is 6. The van der Waals surface area contributed by atoms with E-state index in [1.165, 1.54) is 18.2 Å². The Morgan fingerprint density at radius 1 is 1.06 bits per heavy atom. The molecule has 10 nitrogen and oxygen atoms in total. The second-order valence-corrected chi connectivity index (χ2v) is 7.23. The van der Waals surface area contributed by atoms with Crippen molar-refractivity contribution in [1.29, 1.82) is 5.26 Å². The summed E-state index contributed by atoms with van der Waals surface area (Å²) in [6, 6.07) is 21.3. The summed E-state index contributed by atoms with van der Waals surface area (Å²) in [7, 11) is 0. The van der Waals surface area contributed by atoms with Crippen LogP contribution in [-0.4, -0.2) is 21.2 Å². The highest BCUT2D eigenvalue weighted by atomic mass is 16.5. The van der Waals surface area contributed by atoms with Crippen LogP contribution in [0.15, 0.2) is 80.6 Å². The predicted octanol–water partition coefficient (Wildman–Crippen LogP) is 3.87. The molecule has 5 rings (SSSR count). The molecule has 0 aliphatic carbocycles. The summed E-state index contributed by atoms with van der Waals surface area (Å²) in [6.45, 7) is 0.388. The summed E-state index contributed by atoms with van der Waals surface area (Å²) >= 11 is 0. The highest BCUT2D eigenvalue weighted by Gasteiger charge is 2.20.